The lowest BCUT2D eigenvalue weighted by atomic mass is 10.0. The molecule has 0 spiro atoms. The predicted molar refractivity (Wildman–Crippen MR) is 546 cm³/mol. The summed E-state index contributed by atoms with van der Waals surface area (Å²) in [5, 5.41) is 14.7. The monoisotopic (exact) mass is 1650 g/mol. The summed E-state index contributed by atoms with van der Waals surface area (Å²) in [6, 6.07) is 169. The van der Waals surface area contributed by atoms with Crippen LogP contribution in [0.2, 0.25) is 0 Å². The average molecular weight is 1650 g/mol. The third-order valence-electron chi connectivity index (χ3n) is 24.5. The van der Waals surface area contributed by atoms with E-state index in [4.69, 9.17) is 9.47 Å². The Bertz CT molecular complexity index is 7200. The summed E-state index contributed by atoms with van der Waals surface area (Å²) < 4.78 is 10.7. The minimum atomic E-state index is 0.849. The van der Waals surface area contributed by atoms with Crippen LogP contribution in [0.15, 0.2) is 473 Å². The first-order chi connectivity index (χ1) is 63.0. The SMILES string of the molecule is COc1ccc(N(C)c2ccc(-c3ccc(N(c4cccc5ccccc45)c4cccc5ccccc45)cc3)cc2)cc1.COc1cccc(N(C)c2ccc(-c3ccc(N(c4cccc5ccccc45)c4cccc5ccccc45)cc3)cc2)c1.Cc1cccc(N(C)c2ccc(-c3ccc(N(c4cccc5ccccc45)c4cccc5ccccc45)cc3)cc2)c1. The Hall–Kier alpha value is -16.4. The molecule has 0 N–H and O–H groups in total. The number of hydrogen-bond acceptors (Lipinski definition) is 8. The van der Waals surface area contributed by atoms with Gasteiger partial charge in [0.1, 0.15) is 11.5 Å². The average Bonchev–Trinajstić information content (AvgIpc) is 0.769. The molecule has 21 aromatic rings. The summed E-state index contributed by atoms with van der Waals surface area (Å²) in [5.41, 5.74) is 25.5. The zero-order valence-electron chi connectivity index (χ0n) is 72.5. The van der Waals surface area contributed by atoms with Gasteiger partial charge in [-0.2, -0.15) is 0 Å². The van der Waals surface area contributed by atoms with Gasteiger partial charge in [-0.05, 0) is 236 Å². The second kappa shape index (κ2) is 36.9. The Balaban J connectivity index is 0.000000125. The number of hydrogen-bond donors (Lipinski definition) is 0. The third kappa shape index (κ3) is 17.0. The summed E-state index contributed by atoms with van der Waals surface area (Å²) in [7, 11) is 9.67. The highest BCUT2D eigenvalue weighted by molar-refractivity contribution is 6.08. The van der Waals surface area contributed by atoms with Gasteiger partial charge in [-0.3, -0.25) is 0 Å². The molecule has 128 heavy (non-hydrogen) atoms. The molecule has 0 aliphatic carbocycles. The van der Waals surface area contributed by atoms with Crippen LogP contribution in [0.25, 0.3) is 98.0 Å². The molecule has 0 radical (unpaired) electrons. The van der Waals surface area contributed by atoms with E-state index in [9.17, 15) is 0 Å². The van der Waals surface area contributed by atoms with Gasteiger partial charge in [-0.25, -0.2) is 0 Å². The van der Waals surface area contributed by atoms with Crippen molar-refractivity contribution in [1.29, 1.82) is 0 Å². The van der Waals surface area contributed by atoms with Crippen LogP contribution in [0.3, 0.4) is 0 Å². The van der Waals surface area contributed by atoms with Crippen molar-refractivity contribution in [3.05, 3.63) is 479 Å². The van der Waals surface area contributed by atoms with Gasteiger partial charge < -0.3 is 38.9 Å². The maximum absolute atomic E-state index is 5.41. The number of fused-ring (bicyclic) bond motifs is 6. The molecule has 0 atom stereocenters. The second-order valence-corrected chi connectivity index (χ2v) is 32.2. The molecule has 618 valence electrons. The van der Waals surface area contributed by atoms with Gasteiger partial charge in [0, 0.05) is 111 Å². The second-order valence-electron chi connectivity index (χ2n) is 32.2. The Morgan fingerprint density at radius 1 is 0.164 bits per heavy atom. The lowest BCUT2D eigenvalue weighted by molar-refractivity contribution is 0.415. The normalized spacial score (nSPS) is 11.0. The van der Waals surface area contributed by atoms with E-state index in [1.807, 2.05) is 30.3 Å². The summed E-state index contributed by atoms with van der Waals surface area (Å²) in [6.07, 6.45) is 0. The van der Waals surface area contributed by atoms with Crippen molar-refractivity contribution in [1.82, 2.24) is 0 Å². The first-order valence-electron chi connectivity index (χ1n) is 43.5. The third-order valence-corrected chi connectivity index (χ3v) is 24.5. The number of anilines is 15. The van der Waals surface area contributed by atoms with E-state index in [1.165, 1.54) is 126 Å². The van der Waals surface area contributed by atoms with Crippen molar-refractivity contribution in [3.8, 4) is 44.9 Å². The first-order valence-corrected chi connectivity index (χ1v) is 43.5. The number of methoxy groups -OCH3 is 2. The Morgan fingerprint density at radius 3 is 0.617 bits per heavy atom. The highest BCUT2D eigenvalue weighted by atomic mass is 16.5. The Labute approximate surface area is 749 Å². The largest absolute Gasteiger partial charge is 0.497 e. The summed E-state index contributed by atoms with van der Waals surface area (Å²) in [6.45, 7) is 2.13. The van der Waals surface area contributed by atoms with Crippen LogP contribution in [0.5, 0.6) is 11.5 Å². The van der Waals surface area contributed by atoms with Gasteiger partial charge in [0.15, 0.2) is 0 Å². The van der Waals surface area contributed by atoms with Gasteiger partial charge in [0.25, 0.3) is 0 Å². The topological polar surface area (TPSA) is 37.9 Å². The maximum atomic E-state index is 5.41. The van der Waals surface area contributed by atoms with Crippen molar-refractivity contribution in [2.75, 3.05) is 64.8 Å². The molecule has 0 bridgehead atoms. The minimum Gasteiger partial charge on any atom is -0.497 e. The fraction of sp³-hybridized carbons (Fsp3) is 0.0500. The fourth-order valence-corrected chi connectivity index (χ4v) is 17.6. The van der Waals surface area contributed by atoms with Crippen LogP contribution in [-0.2, 0) is 0 Å². The molecule has 0 heterocycles. The molecular formula is C120H96N6O2. The lowest BCUT2D eigenvalue weighted by Crippen LogP contribution is -2.11. The molecule has 0 saturated heterocycles. The van der Waals surface area contributed by atoms with Crippen molar-refractivity contribution in [2.24, 2.45) is 0 Å². The standard InChI is InChI=1S/2C40H32N2O.C40H32N2/c1-41(35-14-9-15-36(28-35)43-2)33-24-20-29(21-25-33)30-22-26-34(27-23-30)42(39-18-7-12-31-10-3-5-16-37(31)39)40-19-8-13-32-11-4-6-17-38(32)40;1-41(34-25-27-36(43-2)28-26-34)33-21-17-29(18-22-33)30-19-23-35(24-20-30)42(39-15-7-11-31-9-3-5-13-37(31)39)40-16-8-12-32-10-4-6-14-38(32)40;1-29-10-7-15-36(28-29)41(2)34-24-20-30(21-25-34)31-22-26-35(27-23-31)42(39-18-8-13-32-11-3-5-16-37(32)39)40-19-9-14-33-12-4-6-17-38(33)40/h2*3-28H,1-2H3;3-28H,1-2H3. The number of benzene rings is 21. The first kappa shape index (κ1) is 81.3. The van der Waals surface area contributed by atoms with E-state index in [-0.39, 0.29) is 0 Å². The molecule has 0 aromatic heterocycles. The quantitative estimate of drug-likeness (QED) is 0.0747. The maximum Gasteiger partial charge on any atom is 0.120 e. The molecule has 0 amide bonds. The lowest BCUT2D eigenvalue weighted by Gasteiger charge is -2.28. The van der Waals surface area contributed by atoms with Gasteiger partial charge in [-0.15, -0.1) is 0 Å². The number of ether oxygens (including phenoxy) is 2. The number of aryl methyl sites for hydroxylation is 1. The number of rotatable bonds is 20. The van der Waals surface area contributed by atoms with Crippen molar-refractivity contribution < 1.29 is 9.47 Å². The molecule has 0 fully saturated rings. The molecule has 0 saturated carbocycles. The summed E-state index contributed by atoms with van der Waals surface area (Å²) in [5.74, 6) is 1.71. The van der Waals surface area contributed by atoms with E-state index in [0.717, 1.165) is 74.1 Å². The highest BCUT2D eigenvalue weighted by Crippen LogP contribution is 2.48. The van der Waals surface area contributed by atoms with Crippen molar-refractivity contribution >= 4 is 150 Å². The van der Waals surface area contributed by atoms with Gasteiger partial charge >= 0.3 is 0 Å². The molecule has 8 nitrogen and oxygen atoms in total. The molecule has 0 aliphatic heterocycles. The molecule has 8 heteroatoms. The molecule has 0 unspecified atom stereocenters. The molecular weight excluding hydrogens is 1560 g/mol. The van der Waals surface area contributed by atoms with Crippen molar-refractivity contribution in [2.45, 2.75) is 6.92 Å². The van der Waals surface area contributed by atoms with Crippen LogP contribution in [-0.4, -0.2) is 35.4 Å². The Kier molecular flexibility index (Phi) is 23.5. The van der Waals surface area contributed by atoms with Crippen LogP contribution in [0, 0.1) is 6.92 Å². The zero-order valence-corrected chi connectivity index (χ0v) is 72.5. The van der Waals surface area contributed by atoms with Crippen LogP contribution < -0.4 is 38.9 Å². The molecule has 0 aliphatic rings. The van der Waals surface area contributed by atoms with Crippen LogP contribution >= 0.6 is 0 Å². The van der Waals surface area contributed by atoms with Gasteiger partial charge in [0.2, 0.25) is 0 Å². The summed E-state index contributed by atoms with van der Waals surface area (Å²) in [4.78, 5) is 13.8. The van der Waals surface area contributed by atoms with E-state index in [2.05, 4.69) is 500 Å². The smallest absolute Gasteiger partial charge is 0.120 e. The van der Waals surface area contributed by atoms with Gasteiger partial charge in [-0.1, -0.05) is 309 Å². The minimum absolute atomic E-state index is 0.849. The molecule has 21 rings (SSSR count). The van der Waals surface area contributed by atoms with Crippen LogP contribution in [0.4, 0.5) is 85.3 Å². The predicted octanol–water partition coefficient (Wildman–Crippen LogP) is 33.0. The van der Waals surface area contributed by atoms with Gasteiger partial charge in [0.05, 0.1) is 48.3 Å². The zero-order chi connectivity index (χ0) is 86.8. The molecule has 21 aromatic carbocycles. The fourth-order valence-electron chi connectivity index (χ4n) is 17.6. The highest BCUT2D eigenvalue weighted by Gasteiger charge is 2.23. The van der Waals surface area contributed by atoms with Crippen molar-refractivity contribution in [3.63, 3.8) is 0 Å². The van der Waals surface area contributed by atoms with E-state index in [0.29, 0.717) is 0 Å². The van der Waals surface area contributed by atoms with E-state index < -0.39 is 0 Å². The van der Waals surface area contributed by atoms with E-state index >= 15 is 0 Å². The summed E-state index contributed by atoms with van der Waals surface area (Å²) >= 11 is 0. The Morgan fingerprint density at radius 2 is 0.367 bits per heavy atom. The van der Waals surface area contributed by atoms with Crippen LogP contribution in [0.1, 0.15) is 5.56 Å². The van der Waals surface area contributed by atoms with E-state index in [1.54, 1.807) is 14.2 Å². The number of nitrogens with zero attached hydrogens (tertiary/aromatic N) is 6.